The van der Waals surface area contributed by atoms with Gasteiger partial charge in [0, 0.05) is 25.4 Å². The van der Waals surface area contributed by atoms with Gasteiger partial charge in [0.25, 0.3) is 0 Å². The molecule has 164 valence electrons. The van der Waals surface area contributed by atoms with Crippen LogP contribution in [0.15, 0.2) is 71.9 Å². The number of rotatable bonds is 12. The minimum Gasteiger partial charge on any atom is -0.481 e. The van der Waals surface area contributed by atoms with E-state index in [1.807, 2.05) is 48.7 Å². The van der Waals surface area contributed by atoms with Crippen molar-refractivity contribution in [2.45, 2.75) is 43.4 Å². The van der Waals surface area contributed by atoms with E-state index in [1.54, 1.807) is 18.3 Å². The molecule has 3 rings (SSSR count). The Kier molecular flexibility index (Phi) is 8.14. The predicted octanol–water partition coefficient (Wildman–Crippen LogP) is 4.41. The largest absolute Gasteiger partial charge is 0.481 e. The summed E-state index contributed by atoms with van der Waals surface area (Å²) in [6.07, 6.45) is 7.45. The average molecular weight is 441 g/mol. The molecule has 0 aliphatic carbocycles. The normalized spacial score (nSPS) is 12.6. The molecular formula is C24H28N2O4S. The summed E-state index contributed by atoms with van der Waals surface area (Å²) in [6, 6.07) is 16.7. The van der Waals surface area contributed by atoms with Gasteiger partial charge in [0.2, 0.25) is 10.0 Å². The number of carboxylic acid groups (broad SMARTS) is 1. The number of benzene rings is 2. The van der Waals surface area contributed by atoms with Crippen LogP contribution in [0.1, 0.15) is 37.7 Å². The molecule has 0 fully saturated rings. The van der Waals surface area contributed by atoms with Crippen molar-refractivity contribution in [1.82, 2.24) is 9.71 Å². The van der Waals surface area contributed by atoms with Crippen LogP contribution in [-0.2, 0) is 21.2 Å². The molecule has 1 heterocycles. The van der Waals surface area contributed by atoms with Gasteiger partial charge in [-0.15, -0.1) is 0 Å². The molecule has 7 heteroatoms. The molecule has 2 N–H and O–H groups in total. The Morgan fingerprint density at radius 3 is 2.55 bits per heavy atom. The molecule has 1 unspecified atom stereocenters. The molecule has 0 aliphatic rings. The van der Waals surface area contributed by atoms with Gasteiger partial charge >= 0.3 is 5.97 Å². The smallest absolute Gasteiger partial charge is 0.303 e. The zero-order valence-electron chi connectivity index (χ0n) is 17.4. The number of carbonyl (C=O) groups is 1. The number of aromatic nitrogens is 1. The zero-order valence-corrected chi connectivity index (χ0v) is 18.2. The van der Waals surface area contributed by atoms with Gasteiger partial charge in [0.05, 0.1) is 4.90 Å². The lowest BCUT2D eigenvalue weighted by Gasteiger charge is -2.17. The molecule has 0 spiro atoms. The Morgan fingerprint density at radius 1 is 1.00 bits per heavy atom. The average Bonchev–Trinajstić information content (AvgIpc) is 2.76. The van der Waals surface area contributed by atoms with Crippen molar-refractivity contribution in [1.29, 1.82) is 0 Å². The van der Waals surface area contributed by atoms with Gasteiger partial charge in [-0.1, -0.05) is 49.2 Å². The Morgan fingerprint density at radius 2 is 1.81 bits per heavy atom. The van der Waals surface area contributed by atoms with Gasteiger partial charge in [0.15, 0.2) is 0 Å². The van der Waals surface area contributed by atoms with Crippen LogP contribution >= 0.6 is 0 Å². The first-order valence-corrected chi connectivity index (χ1v) is 12.0. The Bertz CT molecular complexity index is 1100. The molecule has 0 radical (unpaired) electrons. The molecule has 2 aromatic carbocycles. The number of nitrogens with one attached hydrogen (secondary N) is 1. The lowest BCUT2D eigenvalue weighted by Crippen LogP contribution is -2.26. The number of nitrogens with zero attached hydrogens (tertiary/aromatic N) is 1. The van der Waals surface area contributed by atoms with Crippen LogP contribution in [0.3, 0.4) is 0 Å². The van der Waals surface area contributed by atoms with Crippen molar-refractivity contribution in [2.75, 3.05) is 6.54 Å². The maximum absolute atomic E-state index is 12.8. The quantitative estimate of drug-likeness (QED) is 0.407. The SMILES string of the molecule is O=C(O)CCCCC(CCNS(=O)(=O)c1ccc2ccccc2c1)Cc1cccnc1. The summed E-state index contributed by atoms with van der Waals surface area (Å²) in [4.78, 5) is 15.2. The summed E-state index contributed by atoms with van der Waals surface area (Å²) in [5.41, 5.74) is 1.10. The standard InChI is InChI=1S/C24H28N2O4S/c27-24(28)10-4-1-6-19(16-20-7-5-14-25-18-20)13-15-26-31(29,30)23-12-11-21-8-2-3-9-22(21)17-23/h2-3,5,7-9,11-12,14,17-19,26H,1,4,6,10,13,15-16H2,(H,27,28). The molecule has 0 aliphatic heterocycles. The number of unbranched alkanes of at least 4 members (excludes halogenated alkanes) is 1. The van der Waals surface area contributed by atoms with E-state index in [0.29, 0.717) is 19.4 Å². The third-order valence-corrected chi connectivity index (χ3v) is 6.83. The van der Waals surface area contributed by atoms with E-state index in [2.05, 4.69) is 9.71 Å². The van der Waals surface area contributed by atoms with Gasteiger partial charge in [-0.05, 0) is 59.7 Å². The summed E-state index contributed by atoms with van der Waals surface area (Å²) in [5.74, 6) is -0.538. The van der Waals surface area contributed by atoms with Crippen LogP contribution in [0.2, 0.25) is 0 Å². The number of sulfonamides is 1. The Balaban J connectivity index is 1.60. The predicted molar refractivity (Wildman–Crippen MR) is 121 cm³/mol. The third kappa shape index (κ3) is 7.15. The lowest BCUT2D eigenvalue weighted by atomic mass is 9.91. The van der Waals surface area contributed by atoms with Crippen LogP contribution in [0.5, 0.6) is 0 Å². The fraction of sp³-hybridized carbons (Fsp3) is 0.333. The van der Waals surface area contributed by atoms with Crippen molar-refractivity contribution in [2.24, 2.45) is 5.92 Å². The van der Waals surface area contributed by atoms with E-state index in [9.17, 15) is 13.2 Å². The van der Waals surface area contributed by atoms with Crippen LogP contribution < -0.4 is 4.72 Å². The summed E-state index contributed by atoms with van der Waals surface area (Å²) >= 11 is 0. The second kappa shape index (κ2) is 11.0. The molecule has 0 bridgehead atoms. The number of fused-ring (bicyclic) bond motifs is 1. The topological polar surface area (TPSA) is 96.4 Å². The molecule has 0 amide bonds. The summed E-state index contributed by atoms with van der Waals surface area (Å²) in [6.45, 7) is 0.332. The molecule has 1 atom stereocenters. The van der Waals surface area contributed by atoms with Crippen LogP contribution in [0.25, 0.3) is 10.8 Å². The third-order valence-electron chi connectivity index (χ3n) is 5.38. The van der Waals surface area contributed by atoms with Gasteiger partial charge in [-0.25, -0.2) is 13.1 Å². The van der Waals surface area contributed by atoms with E-state index in [0.717, 1.165) is 35.6 Å². The highest BCUT2D eigenvalue weighted by molar-refractivity contribution is 7.89. The maximum atomic E-state index is 12.8. The highest BCUT2D eigenvalue weighted by Crippen LogP contribution is 2.21. The van der Waals surface area contributed by atoms with E-state index in [-0.39, 0.29) is 17.2 Å². The van der Waals surface area contributed by atoms with Crippen molar-refractivity contribution in [3.05, 3.63) is 72.6 Å². The summed E-state index contributed by atoms with van der Waals surface area (Å²) in [7, 11) is -3.60. The lowest BCUT2D eigenvalue weighted by molar-refractivity contribution is -0.137. The molecule has 0 saturated heterocycles. The van der Waals surface area contributed by atoms with Crippen molar-refractivity contribution < 1.29 is 18.3 Å². The number of pyridine rings is 1. The minimum atomic E-state index is -3.60. The van der Waals surface area contributed by atoms with Gasteiger partial charge in [-0.2, -0.15) is 0 Å². The first kappa shape index (κ1) is 22.9. The molecule has 6 nitrogen and oxygen atoms in total. The van der Waals surface area contributed by atoms with Crippen LogP contribution in [-0.4, -0.2) is 31.0 Å². The zero-order chi connectivity index (χ0) is 22.1. The molecule has 0 saturated carbocycles. The molecule has 1 aromatic heterocycles. The van der Waals surface area contributed by atoms with Crippen molar-refractivity contribution in [3.63, 3.8) is 0 Å². The van der Waals surface area contributed by atoms with Crippen LogP contribution in [0, 0.1) is 5.92 Å². The van der Waals surface area contributed by atoms with E-state index < -0.39 is 16.0 Å². The van der Waals surface area contributed by atoms with Crippen molar-refractivity contribution >= 4 is 26.8 Å². The Labute approximate surface area is 183 Å². The van der Waals surface area contributed by atoms with E-state index >= 15 is 0 Å². The second-order valence-electron chi connectivity index (χ2n) is 7.77. The maximum Gasteiger partial charge on any atom is 0.303 e. The van der Waals surface area contributed by atoms with Gasteiger partial charge in [-0.3, -0.25) is 9.78 Å². The number of hydrogen-bond acceptors (Lipinski definition) is 4. The highest BCUT2D eigenvalue weighted by Gasteiger charge is 2.16. The molecule has 31 heavy (non-hydrogen) atoms. The number of carboxylic acids is 1. The fourth-order valence-electron chi connectivity index (χ4n) is 3.73. The molecular weight excluding hydrogens is 412 g/mol. The van der Waals surface area contributed by atoms with Crippen molar-refractivity contribution in [3.8, 4) is 0 Å². The second-order valence-corrected chi connectivity index (χ2v) is 9.53. The van der Waals surface area contributed by atoms with Crippen LogP contribution in [0.4, 0.5) is 0 Å². The minimum absolute atomic E-state index is 0.161. The summed E-state index contributed by atoms with van der Waals surface area (Å²) in [5, 5.41) is 10.7. The van der Waals surface area contributed by atoms with Gasteiger partial charge in [0.1, 0.15) is 0 Å². The fourth-order valence-corrected chi connectivity index (χ4v) is 4.81. The summed E-state index contributed by atoms with van der Waals surface area (Å²) < 4.78 is 28.3. The van der Waals surface area contributed by atoms with E-state index in [1.165, 1.54) is 0 Å². The number of aliphatic carboxylic acids is 1. The monoisotopic (exact) mass is 440 g/mol. The highest BCUT2D eigenvalue weighted by atomic mass is 32.2. The van der Waals surface area contributed by atoms with Gasteiger partial charge < -0.3 is 5.11 Å². The molecule has 3 aromatic rings. The number of hydrogen-bond donors (Lipinski definition) is 2. The Hall–Kier alpha value is -2.77. The first-order chi connectivity index (χ1) is 14.9. The van der Waals surface area contributed by atoms with E-state index in [4.69, 9.17) is 5.11 Å². The first-order valence-electron chi connectivity index (χ1n) is 10.5.